The van der Waals surface area contributed by atoms with Crippen molar-refractivity contribution < 1.29 is 27.2 Å². The van der Waals surface area contributed by atoms with Gasteiger partial charge in [-0.2, -0.15) is 0 Å². The van der Waals surface area contributed by atoms with Gasteiger partial charge >= 0.3 is 159 Å². The molecule has 2 aromatic rings. The van der Waals surface area contributed by atoms with Crippen molar-refractivity contribution in [3.05, 3.63) is 29.7 Å². The summed E-state index contributed by atoms with van der Waals surface area (Å²) in [6, 6.07) is 1.16. The van der Waals surface area contributed by atoms with Gasteiger partial charge in [-0.25, -0.2) is 0 Å². The zero-order chi connectivity index (χ0) is 20.5. The molecule has 1 N–H and O–H groups in total. The number of nitrogens with one attached hydrogen (secondary N) is 1. The van der Waals surface area contributed by atoms with Crippen LogP contribution in [0.1, 0.15) is 42.0 Å². The summed E-state index contributed by atoms with van der Waals surface area (Å²) in [6.45, 7) is 6.76. The van der Waals surface area contributed by atoms with Crippen LogP contribution in [0, 0.1) is 12.8 Å². The summed E-state index contributed by atoms with van der Waals surface area (Å²) in [6.07, 6.45) is -1.51. The first-order valence-corrected chi connectivity index (χ1v) is 8.57. The van der Waals surface area contributed by atoms with Crippen molar-refractivity contribution in [3.63, 3.8) is 0 Å². The number of alkyl halides is 3. The van der Waals surface area contributed by atoms with Gasteiger partial charge in [0.15, 0.2) is 0 Å². The topological polar surface area (TPSA) is 90.1 Å². The Balaban J connectivity index is 1.84. The van der Waals surface area contributed by atoms with Crippen LogP contribution in [-0.2, 0) is 5.54 Å². The quantitative estimate of drug-likeness (QED) is 0.717. The summed E-state index contributed by atoms with van der Waals surface area (Å²) in [7, 11) is 0. The van der Waals surface area contributed by atoms with Crippen LogP contribution in [-0.4, -0.2) is 47.2 Å². The van der Waals surface area contributed by atoms with Crippen molar-refractivity contribution >= 4 is 24.8 Å². The average Bonchev–Trinajstić information content (AvgIpc) is 3.40. The number of aromatic nitrogens is 3. The molecule has 7 nitrogen and oxygen atoms in total. The monoisotopic (exact) mass is 394 g/mol. The van der Waals surface area contributed by atoms with Crippen LogP contribution >= 0.6 is 0 Å². The number of ether oxygens (including phenoxy) is 1. The molecular formula is C17H18BF3N4O3. The zero-order valence-electron chi connectivity index (χ0n) is 15.3. The van der Waals surface area contributed by atoms with E-state index in [0.717, 1.165) is 18.9 Å². The molecule has 0 saturated heterocycles. The van der Waals surface area contributed by atoms with Gasteiger partial charge in [-0.15, -0.1) is 0 Å². The number of rotatable bonds is 7. The SMILES string of the molecule is C=Bc1cnc(C(=O)NC(C)(c2noc(C)n2)C2CC2)cc1OCC(F)(F)F. The first-order valence-electron chi connectivity index (χ1n) is 8.57. The van der Waals surface area contributed by atoms with Crippen molar-refractivity contribution in [3.8, 4) is 5.75 Å². The third-order valence-electron chi connectivity index (χ3n) is 4.50. The van der Waals surface area contributed by atoms with Crippen molar-refractivity contribution in [2.75, 3.05) is 6.61 Å². The van der Waals surface area contributed by atoms with Crippen LogP contribution in [0.25, 0.3) is 0 Å². The number of carbonyl (C=O) groups excluding carboxylic acids is 1. The Bertz CT molecular complexity index is 898. The summed E-state index contributed by atoms with van der Waals surface area (Å²) in [5.41, 5.74) is -0.713. The molecule has 1 aliphatic rings. The molecule has 148 valence electrons. The summed E-state index contributed by atoms with van der Waals surface area (Å²) in [4.78, 5) is 21.0. The van der Waals surface area contributed by atoms with Crippen LogP contribution in [0.15, 0.2) is 16.8 Å². The van der Waals surface area contributed by atoms with E-state index in [1.54, 1.807) is 13.8 Å². The van der Waals surface area contributed by atoms with E-state index < -0.39 is 24.2 Å². The first-order chi connectivity index (χ1) is 13.1. The van der Waals surface area contributed by atoms with Crippen LogP contribution in [0.2, 0.25) is 0 Å². The van der Waals surface area contributed by atoms with Crippen molar-refractivity contribution in [1.82, 2.24) is 20.4 Å². The second kappa shape index (κ2) is 7.36. The van der Waals surface area contributed by atoms with E-state index in [1.165, 1.54) is 13.1 Å². The minimum atomic E-state index is -4.51. The molecule has 0 bridgehead atoms. The predicted molar refractivity (Wildman–Crippen MR) is 94.9 cm³/mol. The number of nitrogens with zero attached hydrogens (tertiary/aromatic N) is 3. The van der Waals surface area contributed by atoms with Gasteiger partial charge in [0.2, 0.25) is 0 Å². The Morgan fingerprint density at radius 3 is 2.71 bits per heavy atom. The molecule has 2 aromatic heterocycles. The van der Waals surface area contributed by atoms with E-state index in [-0.39, 0.29) is 22.8 Å². The summed E-state index contributed by atoms with van der Waals surface area (Å²) in [5, 5.41) is 6.76. The number of amides is 1. The average molecular weight is 394 g/mol. The summed E-state index contributed by atoms with van der Waals surface area (Å²) in [5.74, 6) is 0.131. The fraction of sp³-hybridized carbons (Fsp3) is 0.471. The Morgan fingerprint density at radius 2 is 2.18 bits per heavy atom. The van der Waals surface area contributed by atoms with Crippen LogP contribution < -0.4 is 15.5 Å². The summed E-state index contributed by atoms with van der Waals surface area (Å²) >= 11 is 0. The molecule has 0 aromatic carbocycles. The third-order valence-corrected chi connectivity index (χ3v) is 4.50. The number of hydrogen-bond donors (Lipinski definition) is 1. The van der Waals surface area contributed by atoms with Gasteiger partial charge in [-0.05, 0) is 0 Å². The molecule has 1 unspecified atom stereocenters. The molecule has 1 fully saturated rings. The Labute approximate surface area is 159 Å². The molecule has 1 saturated carbocycles. The Morgan fingerprint density at radius 1 is 1.46 bits per heavy atom. The van der Waals surface area contributed by atoms with Crippen LogP contribution in [0.4, 0.5) is 13.2 Å². The van der Waals surface area contributed by atoms with Crippen LogP contribution in [0.3, 0.4) is 0 Å². The molecule has 11 heteroatoms. The second-order valence-electron chi connectivity index (χ2n) is 6.78. The molecule has 0 spiro atoms. The zero-order valence-corrected chi connectivity index (χ0v) is 15.3. The van der Waals surface area contributed by atoms with Gasteiger partial charge in [-0.1, -0.05) is 0 Å². The van der Waals surface area contributed by atoms with E-state index in [4.69, 9.17) is 9.26 Å². The number of halogens is 3. The van der Waals surface area contributed by atoms with Gasteiger partial charge in [0, 0.05) is 0 Å². The Kier molecular flexibility index (Phi) is 5.27. The number of pyridine rings is 1. The first kappa shape index (κ1) is 20.0. The van der Waals surface area contributed by atoms with Gasteiger partial charge < -0.3 is 0 Å². The summed E-state index contributed by atoms with van der Waals surface area (Å²) < 4.78 is 47.3. The van der Waals surface area contributed by atoms with Crippen molar-refractivity contribution in [2.24, 2.45) is 5.92 Å². The third kappa shape index (κ3) is 4.40. The number of hydrogen-bond acceptors (Lipinski definition) is 6. The van der Waals surface area contributed by atoms with Gasteiger partial charge in [0.1, 0.15) is 0 Å². The van der Waals surface area contributed by atoms with Gasteiger partial charge in [-0.3, -0.25) is 0 Å². The van der Waals surface area contributed by atoms with Crippen LogP contribution in [0.5, 0.6) is 5.75 Å². The number of aryl methyl sites for hydroxylation is 1. The van der Waals surface area contributed by atoms with E-state index in [9.17, 15) is 18.0 Å². The Hall–Kier alpha value is -2.72. The van der Waals surface area contributed by atoms with Gasteiger partial charge in [0.25, 0.3) is 0 Å². The fourth-order valence-corrected chi connectivity index (χ4v) is 2.82. The van der Waals surface area contributed by atoms with Crippen molar-refractivity contribution in [1.29, 1.82) is 0 Å². The molecule has 0 aliphatic heterocycles. The van der Waals surface area contributed by atoms with E-state index in [1.807, 2.05) is 0 Å². The van der Waals surface area contributed by atoms with E-state index in [2.05, 4.69) is 26.9 Å². The number of carbonyl (C=O) groups is 1. The van der Waals surface area contributed by atoms with Crippen molar-refractivity contribution in [2.45, 2.75) is 38.4 Å². The molecule has 3 rings (SSSR count). The molecule has 1 aliphatic carbocycles. The molecule has 1 amide bonds. The minimum absolute atomic E-state index is 0.0881. The molecule has 28 heavy (non-hydrogen) atoms. The molecule has 0 radical (unpaired) electrons. The second-order valence-corrected chi connectivity index (χ2v) is 6.78. The molecular weight excluding hydrogens is 376 g/mol. The predicted octanol–water partition coefficient (Wildman–Crippen LogP) is 1.53. The standard InChI is InChI=1S/C17H18BF3N4O3/c1-9-23-15(25-28-9)16(2,10-4-5-10)24-14(26)12-6-13(11(18-3)7-22-12)27-8-17(19,20)21/h6-7,10H,3-5,8H2,1-2H3,(H,24,26). The molecule has 1 atom stereocenters. The maximum absolute atomic E-state index is 12.8. The normalized spacial score (nSPS) is 16.2. The van der Waals surface area contributed by atoms with Gasteiger partial charge in [0.05, 0.1) is 0 Å². The fourth-order valence-electron chi connectivity index (χ4n) is 2.82. The maximum atomic E-state index is 12.8. The molecule has 2 heterocycles. The van der Waals surface area contributed by atoms with E-state index in [0.29, 0.717) is 11.7 Å². The van der Waals surface area contributed by atoms with E-state index >= 15 is 0 Å².